The second-order valence-corrected chi connectivity index (χ2v) is 5.35. The van der Waals surface area contributed by atoms with Crippen LogP contribution in [0.2, 0.25) is 0 Å². The highest BCUT2D eigenvalue weighted by molar-refractivity contribution is 7.10. The zero-order chi connectivity index (χ0) is 14.5. The van der Waals surface area contributed by atoms with E-state index >= 15 is 0 Å². The van der Waals surface area contributed by atoms with Gasteiger partial charge in [-0.05, 0) is 37.2 Å². The molecule has 1 aromatic heterocycles. The van der Waals surface area contributed by atoms with E-state index in [4.69, 9.17) is 9.47 Å². The summed E-state index contributed by atoms with van der Waals surface area (Å²) in [6.07, 6.45) is 0.709. The SMILES string of the molecule is CNC(Cc1ccc(OC)c(F)c1)c1cc(OC)cs1. The van der Waals surface area contributed by atoms with Gasteiger partial charge in [-0.15, -0.1) is 11.3 Å². The minimum atomic E-state index is -0.330. The molecular weight excluding hydrogens is 277 g/mol. The van der Waals surface area contributed by atoms with E-state index in [2.05, 4.69) is 5.32 Å². The van der Waals surface area contributed by atoms with Crippen molar-refractivity contribution in [1.29, 1.82) is 0 Å². The lowest BCUT2D eigenvalue weighted by Gasteiger charge is -2.15. The number of hydrogen-bond donors (Lipinski definition) is 1. The number of likely N-dealkylation sites (N-methyl/N-ethyl adjacent to an activating group) is 1. The van der Waals surface area contributed by atoms with Crippen LogP contribution in [0, 0.1) is 5.82 Å². The van der Waals surface area contributed by atoms with Crippen LogP contribution in [0.3, 0.4) is 0 Å². The first kappa shape index (κ1) is 14.8. The number of benzene rings is 1. The van der Waals surface area contributed by atoms with Gasteiger partial charge < -0.3 is 14.8 Å². The largest absolute Gasteiger partial charge is 0.496 e. The molecule has 1 unspecified atom stereocenters. The fourth-order valence-corrected chi connectivity index (χ4v) is 3.01. The maximum Gasteiger partial charge on any atom is 0.165 e. The Balaban J connectivity index is 2.15. The van der Waals surface area contributed by atoms with Crippen LogP contribution >= 0.6 is 11.3 Å². The molecule has 0 aliphatic heterocycles. The Labute approximate surface area is 122 Å². The van der Waals surface area contributed by atoms with Gasteiger partial charge in [-0.2, -0.15) is 0 Å². The van der Waals surface area contributed by atoms with Crippen molar-refractivity contribution >= 4 is 11.3 Å². The van der Waals surface area contributed by atoms with Crippen LogP contribution in [0.25, 0.3) is 0 Å². The zero-order valence-corrected chi connectivity index (χ0v) is 12.6. The molecular formula is C15H18FNO2S. The molecule has 0 aliphatic rings. The summed E-state index contributed by atoms with van der Waals surface area (Å²) in [7, 11) is 5.02. The van der Waals surface area contributed by atoms with Crippen LogP contribution in [0.1, 0.15) is 16.5 Å². The quantitative estimate of drug-likeness (QED) is 0.886. The fourth-order valence-electron chi connectivity index (χ4n) is 2.04. The molecule has 1 atom stereocenters. The standard InChI is InChI=1S/C15H18FNO2S/c1-17-13(15-8-11(18-2)9-20-15)7-10-4-5-14(19-3)12(16)6-10/h4-6,8-9,13,17H,7H2,1-3H3. The summed E-state index contributed by atoms with van der Waals surface area (Å²) in [4.78, 5) is 1.17. The third-order valence-corrected chi connectivity index (χ3v) is 4.20. The third-order valence-electron chi connectivity index (χ3n) is 3.18. The zero-order valence-electron chi connectivity index (χ0n) is 11.8. The van der Waals surface area contributed by atoms with Crippen LogP contribution in [-0.4, -0.2) is 21.3 Å². The van der Waals surface area contributed by atoms with E-state index in [-0.39, 0.29) is 17.6 Å². The molecule has 1 heterocycles. The Morgan fingerprint density at radius 2 is 2.05 bits per heavy atom. The van der Waals surface area contributed by atoms with E-state index in [9.17, 15) is 4.39 Å². The molecule has 0 aliphatic carbocycles. The number of ether oxygens (including phenoxy) is 2. The smallest absolute Gasteiger partial charge is 0.165 e. The van der Waals surface area contributed by atoms with Crippen molar-refractivity contribution in [3.63, 3.8) is 0 Å². The highest BCUT2D eigenvalue weighted by Crippen LogP contribution is 2.29. The predicted molar refractivity (Wildman–Crippen MR) is 79.3 cm³/mol. The van der Waals surface area contributed by atoms with Gasteiger partial charge >= 0.3 is 0 Å². The molecule has 0 amide bonds. The molecule has 2 aromatic rings. The molecule has 0 radical (unpaired) electrons. The fraction of sp³-hybridized carbons (Fsp3) is 0.333. The number of rotatable bonds is 6. The Morgan fingerprint density at radius 1 is 1.25 bits per heavy atom. The monoisotopic (exact) mass is 295 g/mol. The van der Waals surface area contributed by atoms with Crippen molar-refractivity contribution in [3.8, 4) is 11.5 Å². The molecule has 3 nitrogen and oxygen atoms in total. The molecule has 0 spiro atoms. The number of nitrogens with one attached hydrogen (secondary N) is 1. The second kappa shape index (κ2) is 6.72. The summed E-state index contributed by atoms with van der Waals surface area (Å²) in [6.45, 7) is 0. The molecule has 5 heteroatoms. The van der Waals surface area contributed by atoms with Gasteiger partial charge in [0, 0.05) is 16.3 Å². The van der Waals surface area contributed by atoms with Crippen LogP contribution < -0.4 is 14.8 Å². The van der Waals surface area contributed by atoms with Crippen molar-refractivity contribution < 1.29 is 13.9 Å². The summed E-state index contributed by atoms with van der Waals surface area (Å²) < 4.78 is 23.8. The summed E-state index contributed by atoms with van der Waals surface area (Å²) in [5.74, 6) is 0.794. The predicted octanol–water partition coefficient (Wildman–Crippen LogP) is 3.41. The number of thiophene rings is 1. The van der Waals surface area contributed by atoms with Crippen molar-refractivity contribution in [1.82, 2.24) is 5.32 Å². The summed E-state index contributed by atoms with van der Waals surface area (Å²) >= 11 is 1.63. The lowest BCUT2D eigenvalue weighted by atomic mass is 10.0. The van der Waals surface area contributed by atoms with Gasteiger partial charge in [0.1, 0.15) is 5.75 Å². The van der Waals surface area contributed by atoms with Gasteiger partial charge in [0.2, 0.25) is 0 Å². The minimum Gasteiger partial charge on any atom is -0.496 e. The number of methoxy groups -OCH3 is 2. The van der Waals surface area contributed by atoms with Crippen molar-refractivity contribution in [3.05, 3.63) is 45.9 Å². The average molecular weight is 295 g/mol. The number of hydrogen-bond acceptors (Lipinski definition) is 4. The van der Waals surface area contributed by atoms with Gasteiger partial charge in [-0.3, -0.25) is 0 Å². The summed E-state index contributed by atoms with van der Waals surface area (Å²) in [5.41, 5.74) is 0.926. The van der Waals surface area contributed by atoms with E-state index in [1.54, 1.807) is 24.5 Å². The summed E-state index contributed by atoms with van der Waals surface area (Å²) in [5, 5.41) is 5.22. The van der Waals surface area contributed by atoms with Crippen LogP contribution in [-0.2, 0) is 6.42 Å². The normalized spacial score (nSPS) is 12.2. The van der Waals surface area contributed by atoms with Crippen LogP contribution in [0.5, 0.6) is 11.5 Å². The highest BCUT2D eigenvalue weighted by Gasteiger charge is 2.14. The minimum absolute atomic E-state index is 0.136. The first-order valence-corrected chi connectivity index (χ1v) is 7.18. The Hall–Kier alpha value is -1.59. The van der Waals surface area contributed by atoms with E-state index < -0.39 is 0 Å². The van der Waals surface area contributed by atoms with Gasteiger partial charge in [-0.1, -0.05) is 6.07 Å². The van der Waals surface area contributed by atoms with Crippen molar-refractivity contribution in [2.45, 2.75) is 12.5 Å². The van der Waals surface area contributed by atoms with Gasteiger partial charge in [0.05, 0.1) is 14.2 Å². The lowest BCUT2D eigenvalue weighted by Crippen LogP contribution is -2.17. The van der Waals surface area contributed by atoms with Gasteiger partial charge in [0.25, 0.3) is 0 Å². The van der Waals surface area contributed by atoms with Gasteiger partial charge in [0.15, 0.2) is 11.6 Å². The molecule has 20 heavy (non-hydrogen) atoms. The molecule has 0 bridgehead atoms. The Kier molecular flexibility index (Phi) is 4.98. The third kappa shape index (κ3) is 3.29. The van der Waals surface area contributed by atoms with Crippen molar-refractivity contribution in [2.24, 2.45) is 0 Å². The van der Waals surface area contributed by atoms with E-state index in [0.717, 1.165) is 11.3 Å². The van der Waals surface area contributed by atoms with E-state index in [1.807, 2.05) is 24.6 Å². The number of halogens is 1. The Bertz CT molecular complexity index is 571. The maximum absolute atomic E-state index is 13.7. The average Bonchev–Trinajstić information content (AvgIpc) is 2.93. The molecule has 0 saturated carbocycles. The second-order valence-electron chi connectivity index (χ2n) is 4.40. The first-order valence-electron chi connectivity index (χ1n) is 6.30. The van der Waals surface area contributed by atoms with Gasteiger partial charge in [-0.25, -0.2) is 4.39 Å². The van der Waals surface area contributed by atoms with E-state index in [1.165, 1.54) is 18.1 Å². The molecule has 1 N–H and O–H groups in total. The summed E-state index contributed by atoms with van der Waals surface area (Å²) in [6, 6.07) is 7.21. The Morgan fingerprint density at radius 3 is 2.60 bits per heavy atom. The van der Waals surface area contributed by atoms with Crippen molar-refractivity contribution in [2.75, 3.05) is 21.3 Å². The molecule has 2 rings (SSSR count). The topological polar surface area (TPSA) is 30.5 Å². The molecule has 0 saturated heterocycles. The maximum atomic E-state index is 13.7. The lowest BCUT2D eigenvalue weighted by molar-refractivity contribution is 0.386. The molecule has 1 aromatic carbocycles. The van der Waals surface area contributed by atoms with E-state index in [0.29, 0.717) is 6.42 Å². The molecule has 108 valence electrons. The first-order chi connectivity index (χ1) is 9.67. The highest BCUT2D eigenvalue weighted by atomic mass is 32.1. The van der Waals surface area contributed by atoms with Crippen LogP contribution in [0.4, 0.5) is 4.39 Å². The van der Waals surface area contributed by atoms with Crippen LogP contribution in [0.15, 0.2) is 29.6 Å². The molecule has 0 fully saturated rings.